The molecule has 0 aromatic carbocycles. The maximum atomic E-state index is 10.8. The van der Waals surface area contributed by atoms with Crippen LogP contribution in [0.1, 0.15) is 28.7 Å². The Labute approximate surface area is 94.6 Å². The number of nitrogens with zero attached hydrogens (tertiary/aromatic N) is 1. The van der Waals surface area contributed by atoms with E-state index < -0.39 is 0 Å². The summed E-state index contributed by atoms with van der Waals surface area (Å²) >= 11 is 0. The fourth-order valence-electron chi connectivity index (χ4n) is 1.68. The van der Waals surface area contributed by atoms with E-state index in [1.165, 1.54) is 6.92 Å². The number of carbonyl (C=O) groups excluding carboxylic acids is 2. The first-order valence-corrected chi connectivity index (χ1v) is 5.18. The van der Waals surface area contributed by atoms with Crippen molar-refractivity contribution in [1.29, 1.82) is 0 Å². The molecular formula is C11H17N3O2. The van der Waals surface area contributed by atoms with Gasteiger partial charge in [-0.05, 0) is 13.0 Å². The van der Waals surface area contributed by atoms with Crippen LogP contribution in [0.25, 0.3) is 0 Å². The molecule has 0 aliphatic rings. The van der Waals surface area contributed by atoms with Crippen LogP contribution in [-0.2, 0) is 17.9 Å². The van der Waals surface area contributed by atoms with Gasteiger partial charge in [0, 0.05) is 43.5 Å². The molecule has 1 aromatic rings. The topological polar surface area (TPSA) is 77.1 Å². The number of aldehydes is 1. The van der Waals surface area contributed by atoms with Crippen molar-refractivity contribution in [3.8, 4) is 0 Å². The third kappa shape index (κ3) is 2.70. The summed E-state index contributed by atoms with van der Waals surface area (Å²) in [6.45, 7) is 4.90. The maximum absolute atomic E-state index is 10.8. The van der Waals surface area contributed by atoms with Crippen LogP contribution in [-0.4, -0.2) is 23.3 Å². The summed E-state index contributed by atoms with van der Waals surface area (Å²) in [5.41, 5.74) is 8.05. The summed E-state index contributed by atoms with van der Waals surface area (Å²) in [5, 5.41) is 2.71. The lowest BCUT2D eigenvalue weighted by Gasteiger charge is -2.10. The zero-order valence-corrected chi connectivity index (χ0v) is 9.62. The molecular weight excluding hydrogens is 206 g/mol. The number of hydrogen-bond acceptors (Lipinski definition) is 3. The Morgan fingerprint density at radius 3 is 2.81 bits per heavy atom. The van der Waals surface area contributed by atoms with Crippen molar-refractivity contribution in [2.24, 2.45) is 5.73 Å². The minimum Gasteiger partial charge on any atom is -0.355 e. The van der Waals surface area contributed by atoms with E-state index in [2.05, 4.69) is 5.32 Å². The summed E-state index contributed by atoms with van der Waals surface area (Å²) in [4.78, 5) is 21.5. The highest BCUT2D eigenvalue weighted by molar-refractivity contribution is 5.77. The van der Waals surface area contributed by atoms with Crippen LogP contribution < -0.4 is 11.1 Å². The number of nitrogens with two attached hydrogens (primary N) is 1. The molecule has 5 heteroatoms. The summed E-state index contributed by atoms with van der Waals surface area (Å²) in [6.07, 6.45) is 0.823. The van der Waals surface area contributed by atoms with E-state index in [1.807, 2.05) is 11.5 Å². The highest BCUT2D eigenvalue weighted by Gasteiger charge is 2.09. The molecule has 1 rings (SSSR count). The van der Waals surface area contributed by atoms with Gasteiger partial charge in [-0.15, -0.1) is 0 Å². The van der Waals surface area contributed by atoms with E-state index in [0.717, 1.165) is 17.7 Å². The summed E-state index contributed by atoms with van der Waals surface area (Å²) in [5.74, 6) is -0.0604. The van der Waals surface area contributed by atoms with Crippen molar-refractivity contribution >= 4 is 12.2 Å². The Morgan fingerprint density at radius 2 is 2.31 bits per heavy atom. The lowest BCUT2D eigenvalue weighted by atomic mass is 10.3. The van der Waals surface area contributed by atoms with Crippen molar-refractivity contribution in [2.75, 3.05) is 6.54 Å². The van der Waals surface area contributed by atoms with Gasteiger partial charge in [-0.2, -0.15) is 0 Å². The molecule has 0 saturated heterocycles. The Morgan fingerprint density at radius 1 is 1.62 bits per heavy atom. The Hall–Kier alpha value is -1.62. The molecule has 0 saturated carbocycles. The predicted molar refractivity (Wildman–Crippen MR) is 61.1 cm³/mol. The molecule has 1 aromatic heterocycles. The average Bonchev–Trinajstić information content (AvgIpc) is 2.55. The predicted octanol–water partition coefficient (Wildman–Crippen LogP) is 0.204. The zero-order valence-electron chi connectivity index (χ0n) is 9.62. The smallest absolute Gasteiger partial charge is 0.216 e. The van der Waals surface area contributed by atoms with Crippen molar-refractivity contribution in [2.45, 2.75) is 26.9 Å². The summed E-state index contributed by atoms with van der Waals surface area (Å²) < 4.78 is 1.96. The standard InChI is InChI=1S/C11H17N3O2/c1-8-10(7-15)5-11(6-12)14(8)4-3-13-9(2)16/h5,7H,3-4,6,12H2,1-2H3,(H,13,16). The highest BCUT2D eigenvalue weighted by Crippen LogP contribution is 2.13. The molecule has 0 aliphatic carbocycles. The maximum Gasteiger partial charge on any atom is 0.216 e. The van der Waals surface area contributed by atoms with Gasteiger partial charge in [0.15, 0.2) is 6.29 Å². The van der Waals surface area contributed by atoms with E-state index in [9.17, 15) is 9.59 Å². The summed E-state index contributed by atoms with van der Waals surface area (Å²) in [6, 6.07) is 1.79. The lowest BCUT2D eigenvalue weighted by Crippen LogP contribution is -2.25. The van der Waals surface area contributed by atoms with Gasteiger partial charge in [-0.3, -0.25) is 9.59 Å². The molecule has 3 N–H and O–H groups in total. The molecule has 0 bridgehead atoms. The molecule has 0 fully saturated rings. The van der Waals surface area contributed by atoms with E-state index in [4.69, 9.17) is 5.73 Å². The lowest BCUT2D eigenvalue weighted by molar-refractivity contribution is -0.118. The van der Waals surface area contributed by atoms with Crippen molar-refractivity contribution in [3.05, 3.63) is 23.0 Å². The number of amides is 1. The van der Waals surface area contributed by atoms with Crippen LogP contribution >= 0.6 is 0 Å². The molecule has 88 valence electrons. The third-order valence-electron chi connectivity index (χ3n) is 2.54. The van der Waals surface area contributed by atoms with Crippen LogP contribution in [0, 0.1) is 6.92 Å². The van der Waals surface area contributed by atoms with Crippen molar-refractivity contribution in [1.82, 2.24) is 9.88 Å². The van der Waals surface area contributed by atoms with E-state index in [-0.39, 0.29) is 5.91 Å². The van der Waals surface area contributed by atoms with Gasteiger partial charge in [0.1, 0.15) is 0 Å². The number of nitrogens with one attached hydrogen (secondary N) is 1. The third-order valence-corrected chi connectivity index (χ3v) is 2.54. The van der Waals surface area contributed by atoms with Gasteiger partial charge in [0.2, 0.25) is 5.91 Å². The highest BCUT2D eigenvalue weighted by atomic mass is 16.1. The Kier molecular flexibility index (Phi) is 4.25. The number of aromatic nitrogens is 1. The molecule has 1 heterocycles. The minimum absolute atomic E-state index is 0.0604. The van der Waals surface area contributed by atoms with Gasteiger partial charge in [0.05, 0.1) is 0 Å². The second-order valence-electron chi connectivity index (χ2n) is 3.63. The largest absolute Gasteiger partial charge is 0.355 e. The average molecular weight is 223 g/mol. The van der Waals surface area contributed by atoms with Crippen LogP contribution in [0.3, 0.4) is 0 Å². The van der Waals surface area contributed by atoms with Gasteiger partial charge in [-0.1, -0.05) is 0 Å². The minimum atomic E-state index is -0.0604. The second kappa shape index (κ2) is 5.46. The van der Waals surface area contributed by atoms with Crippen molar-refractivity contribution < 1.29 is 9.59 Å². The van der Waals surface area contributed by atoms with Gasteiger partial charge in [-0.25, -0.2) is 0 Å². The van der Waals surface area contributed by atoms with Gasteiger partial charge in [0.25, 0.3) is 0 Å². The van der Waals surface area contributed by atoms with Gasteiger partial charge < -0.3 is 15.6 Å². The van der Waals surface area contributed by atoms with Crippen molar-refractivity contribution in [3.63, 3.8) is 0 Å². The molecule has 5 nitrogen and oxygen atoms in total. The first-order valence-electron chi connectivity index (χ1n) is 5.18. The summed E-state index contributed by atoms with van der Waals surface area (Å²) in [7, 11) is 0. The zero-order chi connectivity index (χ0) is 12.1. The molecule has 1 amide bonds. The second-order valence-corrected chi connectivity index (χ2v) is 3.63. The number of carbonyl (C=O) groups is 2. The quantitative estimate of drug-likeness (QED) is 0.700. The molecule has 0 unspecified atom stereocenters. The normalized spacial score (nSPS) is 10.2. The van der Waals surface area contributed by atoms with Crippen LogP contribution in [0.5, 0.6) is 0 Å². The number of rotatable bonds is 5. The van der Waals surface area contributed by atoms with E-state index >= 15 is 0 Å². The molecule has 16 heavy (non-hydrogen) atoms. The van der Waals surface area contributed by atoms with Crippen LogP contribution in [0.2, 0.25) is 0 Å². The van der Waals surface area contributed by atoms with E-state index in [0.29, 0.717) is 25.2 Å². The fraction of sp³-hybridized carbons (Fsp3) is 0.455. The Bertz CT molecular complexity index is 396. The van der Waals surface area contributed by atoms with Gasteiger partial charge >= 0.3 is 0 Å². The van der Waals surface area contributed by atoms with Crippen LogP contribution in [0.15, 0.2) is 6.07 Å². The monoisotopic (exact) mass is 223 g/mol. The molecule has 0 aliphatic heterocycles. The SMILES string of the molecule is CC(=O)NCCn1c(CN)cc(C=O)c1C. The molecule has 0 radical (unpaired) electrons. The van der Waals surface area contributed by atoms with Crippen LogP contribution in [0.4, 0.5) is 0 Å². The molecule has 0 spiro atoms. The fourth-order valence-corrected chi connectivity index (χ4v) is 1.68. The molecule has 0 atom stereocenters. The van der Waals surface area contributed by atoms with E-state index in [1.54, 1.807) is 6.07 Å². The first-order chi connectivity index (χ1) is 7.60. The first kappa shape index (κ1) is 12.4. The number of hydrogen-bond donors (Lipinski definition) is 2. The Balaban J connectivity index is 2.80.